The molecular weight excluding hydrogens is 325 g/mol. The highest BCUT2D eigenvalue weighted by Crippen LogP contribution is 2.53. The van der Waals surface area contributed by atoms with E-state index in [0.717, 1.165) is 0 Å². The molecule has 106 valence electrons. The van der Waals surface area contributed by atoms with Gasteiger partial charge in [0.1, 0.15) is 12.7 Å². The molecule has 0 radical (unpaired) electrons. The van der Waals surface area contributed by atoms with Gasteiger partial charge in [0.25, 0.3) is 0 Å². The van der Waals surface area contributed by atoms with Crippen LogP contribution in [0.2, 0.25) is 0 Å². The molecule has 0 aliphatic carbocycles. The van der Waals surface area contributed by atoms with Crippen LogP contribution in [0, 0.1) is 0 Å². The van der Waals surface area contributed by atoms with Gasteiger partial charge in [0, 0.05) is 0 Å². The van der Waals surface area contributed by atoms with Crippen LogP contribution >= 0.6 is 34.8 Å². The molecule has 1 heterocycles. The summed E-state index contributed by atoms with van der Waals surface area (Å²) in [5.41, 5.74) is 4.65. The molecule has 2 atom stereocenters. The quantitative estimate of drug-likeness (QED) is 0.801. The third-order valence-electron chi connectivity index (χ3n) is 1.96. The number of rotatable bonds is 4. The van der Waals surface area contributed by atoms with Gasteiger partial charge in [-0.1, -0.05) is 23.2 Å². The lowest BCUT2D eigenvalue weighted by Crippen LogP contribution is -2.56. The van der Waals surface area contributed by atoms with Crippen LogP contribution in [0.25, 0.3) is 0 Å². The highest BCUT2D eigenvalue weighted by Gasteiger charge is 2.72. The van der Waals surface area contributed by atoms with E-state index in [1.54, 1.807) is 0 Å². The average molecular weight is 332 g/mol. The van der Waals surface area contributed by atoms with Gasteiger partial charge in [0.15, 0.2) is 0 Å². The number of carbonyl (C=O) groups excluding carboxylic acids is 1. The van der Waals surface area contributed by atoms with Gasteiger partial charge in [-0.15, -0.1) is 0 Å². The lowest BCUT2D eigenvalue weighted by molar-refractivity contribution is -0.286. The second-order valence-corrected chi connectivity index (χ2v) is 5.00. The summed E-state index contributed by atoms with van der Waals surface area (Å²) in [4.78, 5) is 10.3. The molecule has 2 unspecified atom stereocenters. The summed E-state index contributed by atoms with van der Waals surface area (Å²) >= 11 is 14.6. The van der Waals surface area contributed by atoms with E-state index >= 15 is 0 Å². The van der Waals surface area contributed by atoms with Crippen LogP contribution in [0.15, 0.2) is 0 Å². The van der Waals surface area contributed by atoms with E-state index in [0.29, 0.717) is 0 Å². The molecule has 0 aromatic carbocycles. The first-order valence-electron chi connectivity index (χ1n) is 4.37. The maximum absolute atomic E-state index is 13.4. The SMILES string of the molecule is NC(=O)OCC1COC(C(F)(F)Cl)(C(F)(Cl)Cl)O1. The first kappa shape index (κ1) is 15.9. The van der Waals surface area contributed by atoms with Crippen LogP contribution in [0.3, 0.4) is 0 Å². The Morgan fingerprint density at radius 3 is 2.33 bits per heavy atom. The maximum Gasteiger partial charge on any atom is 0.404 e. The molecule has 1 aliphatic rings. The van der Waals surface area contributed by atoms with E-state index in [2.05, 4.69) is 31.5 Å². The zero-order valence-corrected chi connectivity index (χ0v) is 10.7. The molecule has 2 N–H and O–H groups in total. The Kier molecular flexibility index (Phi) is 4.49. The third kappa shape index (κ3) is 3.05. The molecule has 18 heavy (non-hydrogen) atoms. The van der Waals surface area contributed by atoms with Crippen molar-refractivity contribution in [2.24, 2.45) is 5.73 Å². The van der Waals surface area contributed by atoms with Crippen molar-refractivity contribution in [2.45, 2.75) is 21.9 Å². The Bertz CT molecular complexity index is 319. The monoisotopic (exact) mass is 331 g/mol. The Labute approximate surface area is 114 Å². The van der Waals surface area contributed by atoms with Crippen LogP contribution in [0.1, 0.15) is 0 Å². The van der Waals surface area contributed by atoms with Crippen molar-refractivity contribution in [1.29, 1.82) is 0 Å². The van der Waals surface area contributed by atoms with Crippen molar-refractivity contribution in [3.8, 4) is 0 Å². The summed E-state index contributed by atoms with van der Waals surface area (Å²) in [5, 5.41) is -4.35. The number of hydrogen-bond acceptors (Lipinski definition) is 4. The molecule has 0 bridgehead atoms. The van der Waals surface area contributed by atoms with Crippen LogP contribution in [0.4, 0.5) is 18.0 Å². The Hall–Kier alpha value is -0.150. The summed E-state index contributed by atoms with van der Waals surface area (Å²) in [7, 11) is 0. The van der Waals surface area contributed by atoms with E-state index in [9.17, 15) is 18.0 Å². The molecule has 5 nitrogen and oxygen atoms in total. The zero-order chi connectivity index (χ0) is 14.2. The van der Waals surface area contributed by atoms with Gasteiger partial charge in [-0.25, -0.2) is 9.18 Å². The molecule has 11 heteroatoms. The fourth-order valence-electron chi connectivity index (χ4n) is 1.23. The minimum Gasteiger partial charge on any atom is -0.447 e. The number of primary amides is 1. The minimum atomic E-state index is -4.35. The largest absolute Gasteiger partial charge is 0.447 e. The van der Waals surface area contributed by atoms with Crippen molar-refractivity contribution in [1.82, 2.24) is 0 Å². The lowest BCUT2D eigenvalue weighted by atomic mass is 10.3. The highest BCUT2D eigenvalue weighted by molar-refractivity contribution is 6.48. The number of amides is 1. The van der Waals surface area contributed by atoms with Crippen molar-refractivity contribution < 1.29 is 32.2 Å². The average Bonchev–Trinajstić information content (AvgIpc) is 2.57. The molecule has 0 spiro atoms. The smallest absolute Gasteiger partial charge is 0.404 e. The fourth-order valence-corrected chi connectivity index (χ4v) is 1.99. The molecule has 1 fully saturated rings. The van der Waals surface area contributed by atoms with Gasteiger partial charge in [-0.05, 0) is 11.6 Å². The van der Waals surface area contributed by atoms with Gasteiger partial charge in [0.05, 0.1) is 6.61 Å². The highest BCUT2D eigenvalue weighted by atomic mass is 35.5. The van der Waals surface area contributed by atoms with Crippen LogP contribution in [-0.4, -0.2) is 41.2 Å². The maximum atomic E-state index is 13.4. The third-order valence-corrected chi connectivity index (χ3v) is 2.71. The van der Waals surface area contributed by atoms with E-state index in [1.165, 1.54) is 0 Å². The summed E-state index contributed by atoms with van der Waals surface area (Å²) in [6.45, 7) is -1.12. The molecule has 0 aromatic rings. The van der Waals surface area contributed by atoms with E-state index in [1.807, 2.05) is 0 Å². The van der Waals surface area contributed by atoms with Crippen molar-refractivity contribution >= 4 is 40.9 Å². The fraction of sp³-hybridized carbons (Fsp3) is 0.857. The molecule has 1 amide bonds. The molecular formula is C7H7Cl3F3NO4. The molecule has 1 saturated heterocycles. The second kappa shape index (κ2) is 5.09. The lowest BCUT2D eigenvalue weighted by Gasteiger charge is -2.35. The first-order valence-corrected chi connectivity index (χ1v) is 5.50. The Morgan fingerprint density at radius 1 is 1.44 bits per heavy atom. The van der Waals surface area contributed by atoms with Gasteiger partial charge < -0.3 is 19.9 Å². The van der Waals surface area contributed by atoms with Gasteiger partial charge in [0.2, 0.25) is 0 Å². The van der Waals surface area contributed by atoms with E-state index in [-0.39, 0.29) is 0 Å². The van der Waals surface area contributed by atoms with Gasteiger partial charge in [-0.3, -0.25) is 0 Å². The van der Waals surface area contributed by atoms with E-state index < -0.39 is 41.2 Å². The molecule has 1 rings (SSSR count). The Morgan fingerprint density at radius 2 is 2.00 bits per heavy atom. The van der Waals surface area contributed by atoms with Crippen molar-refractivity contribution in [2.75, 3.05) is 13.2 Å². The first-order chi connectivity index (χ1) is 7.99. The normalized spacial score (nSPS) is 29.3. The number of ether oxygens (including phenoxy) is 3. The zero-order valence-electron chi connectivity index (χ0n) is 8.47. The molecule has 0 aromatic heterocycles. The van der Waals surface area contributed by atoms with Crippen LogP contribution in [0.5, 0.6) is 0 Å². The van der Waals surface area contributed by atoms with Gasteiger partial charge >= 0.3 is 21.8 Å². The topological polar surface area (TPSA) is 70.8 Å². The predicted molar refractivity (Wildman–Crippen MR) is 55.4 cm³/mol. The standard InChI is InChI=1S/C7H7Cl3F3NO4/c8-6(9,11)5(7(10,12)13)17-2-3(18-5)1-16-4(14)15/h3H,1-2H2,(H2,14,15). The minimum absolute atomic E-state index is 0.548. The second-order valence-electron chi connectivity index (χ2n) is 3.29. The number of halogens is 6. The van der Waals surface area contributed by atoms with Gasteiger partial charge in [-0.2, -0.15) is 8.78 Å². The number of hydrogen-bond donors (Lipinski definition) is 1. The number of nitrogens with two attached hydrogens (primary N) is 1. The summed E-state index contributed by atoms with van der Waals surface area (Å²) in [6.07, 6.45) is -2.41. The predicted octanol–water partition coefficient (Wildman–Crippen LogP) is 2.13. The van der Waals surface area contributed by atoms with Crippen molar-refractivity contribution in [3.05, 3.63) is 0 Å². The van der Waals surface area contributed by atoms with Crippen LogP contribution in [-0.2, 0) is 14.2 Å². The number of carbonyl (C=O) groups is 1. The Balaban J connectivity index is 2.83. The summed E-state index contributed by atoms with van der Waals surface area (Å²) in [6, 6.07) is 0. The van der Waals surface area contributed by atoms with Crippen molar-refractivity contribution in [3.63, 3.8) is 0 Å². The summed E-state index contributed by atoms with van der Waals surface area (Å²) < 4.78 is 49.3. The van der Waals surface area contributed by atoms with E-state index in [4.69, 9.17) is 23.2 Å². The molecule has 0 saturated carbocycles. The molecule has 1 aliphatic heterocycles. The number of alkyl halides is 6. The summed E-state index contributed by atoms with van der Waals surface area (Å²) in [5.74, 6) is -3.41. The van der Waals surface area contributed by atoms with Crippen LogP contribution < -0.4 is 5.73 Å².